The Balaban J connectivity index is 1.72. The number of hydrogen-bond donors (Lipinski definition) is 2. The average molecular weight is 390 g/mol. The number of pyridine rings is 1. The van der Waals surface area contributed by atoms with Crippen LogP contribution >= 0.6 is 0 Å². The van der Waals surface area contributed by atoms with Crippen LogP contribution < -0.4 is 5.32 Å². The van der Waals surface area contributed by atoms with Crippen LogP contribution in [0.1, 0.15) is 43.2 Å². The molecule has 6 heteroatoms. The highest BCUT2D eigenvalue weighted by molar-refractivity contribution is 6.03. The number of phenolic OH excluding ortho intramolecular Hbond substituents is 1. The van der Waals surface area contributed by atoms with Gasteiger partial charge in [-0.15, -0.1) is 0 Å². The van der Waals surface area contributed by atoms with E-state index in [0.29, 0.717) is 28.8 Å². The number of rotatable bonds is 4. The van der Waals surface area contributed by atoms with Crippen molar-refractivity contribution in [2.75, 3.05) is 0 Å². The van der Waals surface area contributed by atoms with Crippen molar-refractivity contribution in [2.24, 2.45) is 0 Å². The highest BCUT2D eigenvalue weighted by Crippen LogP contribution is 2.43. The fourth-order valence-electron chi connectivity index (χ4n) is 4.00. The van der Waals surface area contributed by atoms with Gasteiger partial charge in [0, 0.05) is 47.3 Å². The molecule has 1 unspecified atom stereocenters. The smallest absolute Gasteiger partial charge is 0.337 e. The lowest BCUT2D eigenvalue weighted by Gasteiger charge is -2.34. The van der Waals surface area contributed by atoms with Gasteiger partial charge in [-0.1, -0.05) is 18.2 Å². The van der Waals surface area contributed by atoms with Crippen LogP contribution in [0.2, 0.25) is 0 Å². The molecular weight excluding hydrogens is 368 g/mol. The number of ketones is 1. The molecule has 0 saturated carbocycles. The highest BCUT2D eigenvalue weighted by atomic mass is 16.5. The Bertz CT molecular complexity index is 1020. The van der Waals surface area contributed by atoms with Crippen LogP contribution in [0.3, 0.4) is 0 Å². The van der Waals surface area contributed by atoms with Crippen LogP contribution in [0.25, 0.3) is 0 Å². The maximum absolute atomic E-state index is 13.1. The van der Waals surface area contributed by atoms with Gasteiger partial charge in [-0.3, -0.25) is 9.78 Å². The highest BCUT2D eigenvalue weighted by Gasteiger charge is 2.39. The van der Waals surface area contributed by atoms with Crippen molar-refractivity contribution < 1.29 is 19.4 Å². The number of phenols is 1. The molecule has 1 aliphatic heterocycles. The molecule has 1 atom stereocenters. The first kappa shape index (κ1) is 18.9. The molecule has 0 bridgehead atoms. The van der Waals surface area contributed by atoms with Gasteiger partial charge in [0.2, 0.25) is 0 Å². The van der Waals surface area contributed by atoms with E-state index in [9.17, 15) is 14.7 Å². The zero-order valence-corrected chi connectivity index (χ0v) is 16.1. The molecule has 0 amide bonds. The summed E-state index contributed by atoms with van der Waals surface area (Å²) in [5.74, 6) is -0.936. The number of ether oxygens (including phenoxy) is 1. The zero-order valence-electron chi connectivity index (χ0n) is 16.1. The van der Waals surface area contributed by atoms with Crippen LogP contribution in [-0.4, -0.2) is 21.8 Å². The van der Waals surface area contributed by atoms with E-state index in [-0.39, 0.29) is 18.1 Å². The molecule has 6 nitrogen and oxygen atoms in total. The molecule has 0 saturated heterocycles. The van der Waals surface area contributed by atoms with Crippen LogP contribution in [0.15, 0.2) is 71.3 Å². The number of hydrogen-bond acceptors (Lipinski definition) is 6. The van der Waals surface area contributed by atoms with E-state index < -0.39 is 11.9 Å². The van der Waals surface area contributed by atoms with Crippen molar-refractivity contribution >= 4 is 11.8 Å². The maximum Gasteiger partial charge on any atom is 0.337 e. The molecule has 1 aromatic heterocycles. The minimum atomic E-state index is -0.562. The van der Waals surface area contributed by atoms with Gasteiger partial charge in [0.25, 0.3) is 0 Å². The lowest BCUT2D eigenvalue weighted by molar-refractivity contribution is -0.140. The lowest BCUT2D eigenvalue weighted by Crippen LogP contribution is -2.34. The summed E-state index contributed by atoms with van der Waals surface area (Å²) >= 11 is 0. The minimum absolute atomic E-state index is 0.0251. The first-order valence-electron chi connectivity index (χ1n) is 9.63. The predicted octanol–water partition coefficient (Wildman–Crippen LogP) is 3.50. The number of carbonyl (C=O) groups is 2. The second-order valence-corrected chi connectivity index (χ2v) is 7.30. The molecule has 2 N–H and O–H groups in total. The Morgan fingerprint density at radius 3 is 2.90 bits per heavy atom. The predicted molar refractivity (Wildman–Crippen MR) is 107 cm³/mol. The number of carbonyl (C=O) groups excluding carboxylic acids is 2. The Morgan fingerprint density at radius 1 is 1.28 bits per heavy atom. The Morgan fingerprint density at radius 2 is 2.14 bits per heavy atom. The third-order valence-corrected chi connectivity index (χ3v) is 5.29. The summed E-state index contributed by atoms with van der Waals surface area (Å²) in [5.41, 5.74) is 4.00. The van der Waals surface area contributed by atoms with Crippen LogP contribution in [0, 0.1) is 0 Å². The number of allylic oxidation sites excluding steroid dienone is 3. The molecule has 0 radical (unpaired) electrons. The van der Waals surface area contributed by atoms with E-state index in [1.54, 1.807) is 36.7 Å². The average Bonchev–Trinajstić information content (AvgIpc) is 2.72. The van der Waals surface area contributed by atoms with Crippen molar-refractivity contribution in [1.29, 1.82) is 0 Å². The normalized spacial score (nSPS) is 18.9. The fourth-order valence-corrected chi connectivity index (χ4v) is 4.00. The summed E-state index contributed by atoms with van der Waals surface area (Å²) in [5, 5.41) is 13.2. The number of Topliss-reactive ketones (excluding diaryl/α,β-unsaturated/α-hetero) is 1. The zero-order chi connectivity index (χ0) is 20.4. The fraction of sp³-hybridized carbons (Fsp3) is 0.261. The van der Waals surface area contributed by atoms with Crippen LogP contribution in [0.5, 0.6) is 5.75 Å². The van der Waals surface area contributed by atoms with Crippen molar-refractivity contribution in [1.82, 2.24) is 10.3 Å². The molecule has 1 aromatic carbocycles. The summed E-state index contributed by atoms with van der Waals surface area (Å²) in [7, 11) is 0. The van der Waals surface area contributed by atoms with E-state index in [1.807, 2.05) is 19.1 Å². The lowest BCUT2D eigenvalue weighted by atomic mass is 9.75. The standard InChI is InChI=1S/C23H22N2O4/c1-14-20(23(28)29-13-15-5-4-10-24-12-15)21(16-6-2-7-17(26)11-16)22-18(25-14)8-3-9-19(22)27/h2,4-7,10-12,21,25-26H,3,8-9,13H2,1H3. The molecule has 2 aromatic rings. The van der Waals surface area contributed by atoms with Gasteiger partial charge >= 0.3 is 5.97 Å². The Kier molecular flexibility index (Phi) is 5.16. The summed E-state index contributed by atoms with van der Waals surface area (Å²) in [6, 6.07) is 10.3. The van der Waals surface area contributed by atoms with E-state index in [1.165, 1.54) is 0 Å². The minimum Gasteiger partial charge on any atom is -0.508 e. The van der Waals surface area contributed by atoms with Gasteiger partial charge in [-0.2, -0.15) is 0 Å². The van der Waals surface area contributed by atoms with Crippen molar-refractivity contribution in [3.8, 4) is 5.75 Å². The van der Waals surface area contributed by atoms with Crippen molar-refractivity contribution in [2.45, 2.75) is 38.7 Å². The summed E-state index contributed by atoms with van der Waals surface area (Å²) in [6.45, 7) is 1.91. The van der Waals surface area contributed by atoms with Crippen molar-refractivity contribution in [3.05, 3.63) is 82.5 Å². The van der Waals surface area contributed by atoms with Gasteiger partial charge < -0.3 is 15.2 Å². The summed E-state index contributed by atoms with van der Waals surface area (Å²) in [4.78, 5) is 29.9. The number of dihydropyridines is 1. The molecule has 148 valence electrons. The van der Waals surface area contributed by atoms with Gasteiger partial charge in [0.05, 0.1) is 5.57 Å². The SMILES string of the molecule is CC1=C(C(=O)OCc2cccnc2)C(c2cccc(O)c2)C2=C(CCCC2=O)N1. The second-order valence-electron chi connectivity index (χ2n) is 7.30. The van der Waals surface area contributed by atoms with Crippen molar-refractivity contribution in [3.63, 3.8) is 0 Å². The first-order valence-corrected chi connectivity index (χ1v) is 9.63. The summed E-state index contributed by atoms with van der Waals surface area (Å²) in [6.07, 6.45) is 5.29. The number of nitrogens with zero attached hydrogens (tertiary/aromatic N) is 1. The van der Waals surface area contributed by atoms with Gasteiger partial charge in [0.15, 0.2) is 5.78 Å². The molecule has 29 heavy (non-hydrogen) atoms. The van der Waals surface area contributed by atoms with Crippen LogP contribution in [-0.2, 0) is 20.9 Å². The second kappa shape index (κ2) is 7.91. The third kappa shape index (κ3) is 3.78. The Labute approximate surface area is 168 Å². The molecule has 4 rings (SSSR count). The molecule has 1 aliphatic carbocycles. The first-order chi connectivity index (χ1) is 14.0. The molecule has 0 spiro atoms. The van der Waals surface area contributed by atoms with Gasteiger partial charge in [0.1, 0.15) is 12.4 Å². The van der Waals surface area contributed by atoms with E-state index >= 15 is 0 Å². The number of esters is 1. The molecular formula is C23H22N2O4. The largest absolute Gasteiger partial charge is 0.508 e. The molecule has 0 fully saturated rings. The number of benzene rings is 1. The van der Waals surface area contributed by atoms with Gasteiger partial charge in [-0.25, -0.2) is 4.79 Å². The quantitative estimate of drug-likeness (QED) is 0.777. The number of nitrogens with one attached hydrogen (secondary N) is 1. The maximum atomic E-state index is 13.1. The summed E-state index contributed by atoms with van der Waals surface area (Å²) < 4.78 is 5.56. The number of aromatic nitrogens is 1. The van der Waals surface area contributed by atoms with Crippen LogP contribution in [0.4, 0.5) is 0 Å². The monoisotopic (exact) mass is 390 g/mol. The molecule has 2 aliphatic rings. The van der Waals surface area contributed by atoms with E-state index in [0.717, 1.165) is 24.1 Å². The van der Waals surface area contributed by atoms with E-state index in [4.69, 9.17) is 4.74 Å². The third-order valence-electron chi connectivity index (χ3n) is 5.29. The number of aromatic hydroxyl groups is 1. The van der Waals surface area contributed by atoms with Gasteiger partial charge in [-0.05, 0) is 43.5 Å². The molecule has 2 heterocycles. The Hall–Kier alpha value is -3.41. The topological polar surface area (TPSA) is 88.5 Å². The van der Waals surface area contributed by atoms with E-state index in [2.05, 4.69) is 10.3 Å².